The van der Waals surface area contributed by atoms with Crippen LogP contribution in [0.3, 0.4) is 0 Å². The van der Waals surface area contributed by atoms with E-state index in [9.17, 15) is 9.59 Å². The number of nitrogens with two attached hydrogens (primary N) is 1. The lowest BCUT2D eigenvalue weighted by Crippen LogP contribution is -2.32. The summed E-state index contributed by atoms with van der Waals surface area (Å²) in [4.78, 5) is 36.7. The molecule has 2 heterocycles. The van der Waals surface area contributed by atoms with Gasteiger partial charge in [-0.05, 0) is 29.0 Å². The van der Waals surface area contributed by atoms with E-state index >= 15 is 0 Å². The second-order valence-corrected chi connectivity index (χ2v) is 6.38. The maximum atomic E-state index is 12.7. The minimum absolute atomic E-state index is 0.0991. The number of pyridine rings is 1. The molecular formula is C21H18N8O2. The van der Waals surface area contributed by atoms with Crippen molar-refractivity contribution in [3.05, 3.63) is 84.4 Å². The number of amides is 2. The van der Waals surface area contributed by atoms with Crippen molar-refractivity contribution in [2.75, 3.05) is 16.6 Å². The Kier molecular flexibility index (Phi) is 5.52. The zero-order valence-electron chi connectivity index (χ0n) is 16.2. The molecule has 31 heavy (non-hydrogen) atoms. The highest BCUT2D eigenvalue weighted by atomic mass is 16.2. The van der Waals surface area contributed by atoms with Gasteiger partial charge in [-0.15, -0.1) is 0 Å². The second kappa shape index (κ2) is 8.74. The van der Waals surface area contributed by atoms with Gasteiger partial charge in [0.05, 0.1) is 0 Å². The lowest BCUT2D eigenvalue weighted by atomic mass is 10.0. The van der Waals surface area contributed by atoms with Gasteiger partial charge in [-0.25, -0.2) is 9.97 Å². The molecule has 0 spiro atoms. The molecule has 4 aromatic rings. The summed E-state index contributed by atoms with van der Waals surface area (Å²) < 4.78 is 0. The van der Waals surface area contributed by atoms with E-state index in [4.69, 9.17) is 5.73 Å². The number of carbonyl (C=O) groups excluding carboxylic acids is 2. The fraction of sp³-hybridized carbons (Fsp3) is 0. The number of benzene rings is 2. The topological polar surface area (TPSA) is 147 Å². The highest BCUT2D eigenvalue weighted by Crippen LogP contribution is 2.22. The Morgan fingerprint density at radius 2 is 1.42 bits per heavy atom. The van der Waals surface area contributed by atoms with E-state index < -0.39 is 5.91 Å². The van der Waals surface area contributed by atoms with Gasteiger partial charge >= 0.3 is 0 Å². The Balaban J connectivity index is 1.43. The van der Waals surface area contributed by atoms with Gasteiger partial charge in [-0.1, -0.05) is 42.5 Å². The number of carbonyl (C=O) groups is 2. The van der Waals surface area contributed by atoms with E-state index in [1.165, 1.54) is 12.5 Å². The van der Waals surface area contributed by atoms with Crippen molar-refractivity contribution in [3.63, 3.8) is 0 Å². The summed E-state index contributed by atoms with van der Waals surface area (Å²) in [5.74, 6) is -0.496. The zero-order chi connectivity index (χ0) is 21.6. The average molecular weight is 414 g/mol. The Morgan fingerprint density at radius 1 is 0.742 bits per heavy atom. The van der Waals surface area contributed by atoms with Gasteiger partial charge in [0, 0.05) is 11.8 Å². The number of hydrazine groups is 2. The molecule has 0 radical (unpaired) electrons. The van der Waals surface area contributed by atoms with Crippen LogP contribution in [0.1, 0.15) is 20.8 Å². The maximum Gasteiger partial charge on any atom is 0.288 e. The van der Waals surface area contributed by atoms with Crippen molar-refractivity contribution in [2.24, 2.45) is 0 Å². The molecule has 10 heteroatoms. The lowest BCUT2D eigenvalue weighted by molar-refractivity contribution is 0.0952. The van der Waals surface area contributed by atoms with Crippen LogP contribution in [0.4, 0.5) is 17.3 Å². The van der Waals surface area contributed by atoms with Gasteiger partial charge in [-0.2, -0.15) is 0 Å². The van der Waals surface area contributed by atoms with Gasteiger partial charge in [0.15, 0.2) is 11.6 Å². The normalized spacial score (nSPS) is 10.3. The molecule has 0 aliphatic carbocycles. The van der Waals surface area contributed by atoms with Crippen molar-refractivity contribution in [1.82, 2.24) is 25.8 Å². The van der Waals surface area contributed by atoms with E-state index in [1.807, 2.05) is 36.4 Å². The first-order valence-corrected chi connectivity index (χ1v) is 9.25. The molecule has 0 saturated heterocycles. The molecule has 0 unspecified atom stereocenters. The number of fused-ring (bicyclic) bond motifs is 1. The molecule has 2 amide bonds. The molecule has 0 aliphatic rings. The van der Waals surface area contributed by atoms with Gasteiger partial charge < -0.3 is 5.73 Å². The van der Waals surface area contributed by atoms with Crippen LogP contribution in [0.2, 0.25) is 0 Å². The summed E-state index contributed by atoms with van der Waals surface area (Å²) in [7, 11) is 0. The summed E-state index contributed by atoms with van der Waals surface area (Å²) >= 11 is 0. The fourth-order valence-electron chi connectivity index (χ4n) is 2.88. The number of hydrogen-bond acceptors (Lipinski definition) is 8. The first kappa shape index (κ1) is 19.6. The summed E-state index contributed by atoms with van der Waals surface area (Å²) in [6, 6.07) is 18.0. The Labute approximate surface area is 176 Å². The summed E-state index contributed by atoms with van der Waals surface area (Å²) in [5.41, 5.74) is 17.2. The number of nitrogens with zero attached hydrogens (tertiary/aromatic N) is 3. The Hall–Kier alpha value is -4.73. The SMILES string of the molecule is Nc1c(NNC(=O)c2ccccn2)ncnc1NNC(=O)c1cccc2ccccc12. The van der Waals surface area contributed by atoms with Crippen LogP contribution in [0.25, 0.3) is 10.8 Å². The Bertz CT molecular complexity index is 1240. The zero-order valence-corrected chi connectivity index (χ0v) is 16.2. The predicted molar refractivity (Wildman–Crippen MR) is 117 cm³/mol. The molecule has 2 aromatic heterocycles. The second-order valence-electron chi connectivity index (χ2n) is 6.38. The quantitative estimate of drug-likeness (QED) is 0.302. The molecule has 6 N–H and O–H groups in total. The first-order chi connectivity index (χ1) is 15.1. The van der Waals surface area contributed by atoms with Gasteiger partial charge in [-0.3, -0.25) is 36.3 Å². The molecule has 2 aromatic carbocycles. The van der Waals surface area contributed by atoms with Crippen molar-refractivity contribution in [2.45, 2.75) is 0 Å². The van der Waals surface area contributed by atoms with Gasteiger partial charge in [0.1, 0.15) is 17.7 Å². The molecule has 4 rings (SSSR count). The molecule has 0 fully saturated rings. The van der Waals surface area contributed by atoms with Gasteiger partial charge in [0.2, 0.25) is 0 Å². The van der Waals surface area contributed by atoms with Crippen molar-refractivity contribution in [1.29, 1.82) is 0 Å². The van der Waals surface area contributed by atoms with Crippen LogP contribution in [-0.2, 0) is 0 Å². The highest BCUT2D eigenvalue weighted by molar-refractivity contribution is 6.07. The number of aromatic nitrogens is 3. The van der Waals surface area contributed by atoms with Crippen LogP contribution in [0, 0.1) is 0 Å². The third-order valence-electron chi connectivity index (χ3n) is 4.40. The maximum absolute atomic E-state index is 12.7. The average Bonchev–Trinajstić information content (AvgIpc) is 2.82. The number of hydrogen-bond donors (Lipinski definition) is 5. The Morgan fingerprint density at radius 3 is 2.16 bits per heavy atom. The van der Waals surface area contributed by atoms with Gasteiger partial charge in [0.25, 0.3) is 11.8 Å². The fourth-order valence-corrected chi connectivity index (χ4v) is 2.88. The molecule has 0 bridgehead atoms. The summed E-state index contributed by atoms with van der Waals surface area (Å²) in [6.07, 6.45) is 2.74. The van der Waals surface area contributed by atoms with E-state index in [-0.39, 0.29) is 28.9 Å². The van der Waals surface area contributed by atoms with E-state index in [1.54, 1.807) is 24.3 Å². The first-order valence-electron chi connectivity index (χ1n) is 9.25. The van der Waals surface area contributed by atoms with E-state index in [0.29, 0.717) is 5.56 Å². The van der Waals surface area contributed by atoms with Crippen molar-refractivity contribution in [3.8, 4) is 0 Å². The molecule has 0 saturated carbocycles. The van der Waals surface area contributed by atoms with Crippen LogP contribution >= 0.6 is 0 Å². The minimum Gasteiger partial charge on any atom is -0.393 e. The van der Waals surface area contributed by atoms with Crippen LogP contribution in [0.15, 0.2) is 73.2 Å². The molecule has 0 aliphatic heterocycles. The molecule has 0 atom stereocenters. The smallest absolute Gasteiger partial charge is 0.288 e. The number of nitrogen functional groups attached to an aromatic ring is 1. The molecular weight excluding hydrogens is 396 g/mol. The predicted octanol–water partition coefficient (Wildman–Crippen LogP) is 2.12. The highest BCUT2D eigenvalue weighted by Gasteiger charge is 2.13. The summed E-state index contributed by atoms with van der Waals surface area (Å²) in [5, 5.41) is 1.77. The standard InChI is InChI=1S/C21H18N8O2/c22-17-18(24-12-25-19(17)27-29-21(31)16-10-3-4-11-23-16)26-28-20(30)15-9-5-7-13-6-1-2-8-14(13)15/h1-12H,22H2,(H,28,30)(H,29,31)(H2,24,25,26,27). The number of rotatable bonds is 6. The van der Waals surface area contributed by atoms with E-state index in [2.05, 4.69) is 36.7 Å². The summed E-state index contributed by atoms with van der Waals surface area (Å²) in [6.45, 7) is 0. The minimum atomic E-state index is -0.461. The molecule has 154 valence electrons. The van der Waals surface area contributed by atoms with Crippen LogP contribution in [0.5, 0.6) is 0 Å². The van der Waals surface area contributed by atoms with Crippen molar-refractivity contribution < 1.29 is 9.59 Å². The van der Waals surface area contributed by atoms with Crippen molar-refractivity contribution >= 4 is 39.9 Å². The third kappa shape index (κ3) is 4.32. The monoisotopic (exact) mass is 414 g/mol. The van der Waals surface area contributed by atoms with E-state index in [0.717, 1.165) is 10.8 Å². The number of nitrogens with one attached hydrogen (secondary N) is 4. The van der Waals surface area contributed by atoms with Crippen LogP contribution in [-0.4, -0.2) is 26.8 Å². The number of anilines is 3. The lowest BCUT2D eigenvalue weighted by Gasteiger charge is -2.14. The van der Waals surface area contributed by atoms with Crippen LogP contribution < -0.4 is 27.4 Å². The third-order valence-corrected chi connectivity index (χ3v) is 4.40. The largest absolute Gasteiger partial charge is 0.393 e. The molecule has 10 nitrogen and oxygen atoms in total.